The molecule has 0 aliphatic carbocycles. The van der Waals surface area contributed by atoms with Crippen LogP contribution in [0.3, 0.4) is 0 Å². The van der Waals surface area contributed by atoms with Gasteiger partial charge in [-0.15, -0.1) is 0 Å². The lowest BCUT2D eigenvalue weighted by atomic mass is 10.2. The van der Waals surface area contributed by atoms with Gasteiger partial charge in [0.05, 0.1) is 6.26 Å². The Labute approximate surface area is 137 Å². The molecule has 0 radical (unpaired) electrons. The molecule has 3 rings (SSSR count). The Bertz CT molecular complexity index is 655. The highest BCUT2D eigenvalue weighted by Gasteiger charge is 2.08. The summed E-state index contributed by atoms with van der Waals surface area (Å²) in [5.74, 6) is 2.28. The predicted molar refractivity (Wildman–Crippen MR) is 91.9 cm³/mol. The van der Waals surface area contributed by atoms with E-state index in [1.165, 1.54) is 0 Å². The van der Waals surface area contributed by atoms with Crippen molar-refractivity contribution in [3.05, 3.63) is 66.4 Å². The number of hydrogen-bond acceptors (Lipinski definition) is 4. The van der Waals surface area contributed by atoms with Gasteiger partial charge in [-0.05, 0) is 43.8 Å². The van der Waals surface area contributed by atoms with E-state index in [-0.39, 0.29) is 0 Å². The van der Waals surface area contributed by atoms with E-state index >= 15 is 0 Å². The molecule has 1 heterocycles. The quantitative estimate of drug-likeness (QED) is 0.782. The van der Waals surface area contributed by atoms with Gasteiger partial charge >= 0.3 is 0 Å². The van der Waals surface area contributed by atoms with E-state index in [2.05, 4.69) is 16.7 Å². The molecule has 1 aliphatic rings. The zero-order valence-corrected chi connectivity index (χ0v) is 13.1. The van der Waals surface area contributed by atoms with Crippen molar-refractivity contribution in [1.82, 2.24) is 10.6 Å². The summed E-state index contributed by atoms with van der Waals surface area (Å²) >= 11 is 0. The Kier molecular flexibility index (Phi) is 5.67. The Balaban J connectivity index is 1.86. The monoisotopic (exact) mass is 310 g/mol. The van der Waals surface area contributed by atoms with Gasteiger partial charge < -0.3 is 20.1 Å². The molecule has 120 valence electrons. The molecule has 0 aromatic heterocycles. The van der Waals surface area contributed by atoms with Gasteiger partial charge in [-0.2, -0.15) is 0 Å². The molecule has 1 aliphatic heterocycles. The fourth-order valence-electron chi connectivity index (χ4n) is 2.42. The molecule has 23 heavy (non-hydrogen) atoms. The number of benzene rings is 2. The van der Waals surface area contributed by atoms with Crippen LogP contribution in [0, 0.1) is 0 Å². The Morgan fingerprint density at radius 1 is 0.783 bits per heavy atom. The molecule has 2 aromatic rings. The molecule has 0 saturated heterocycles. The van der Waals surface area contributed by atoms with Crippen LogP contribution in [0.1, 0.15) is 12.0 Å². The van der Waals surface area contributed by atoms with E-state index in [0.717, 1.165) is 43.9 Å². The normalized spacial score (nSPS) is 17.4. The highest BCUT2D eigenvalue weighted by molar-refractivity contribution is 5.45. The fourth-order valence-corrected chi connectivity index (χ4v) is 2.42. The van der Waals surface area contributed by atoms with Crippen LogP contribution in [0.2, 0.25) is 0 Å². The Hall–Kier alpha value is -2.30. The van der Waals surface area contributed by atoms with Crippen molar-refractivity contribution in [2.24, 2.45) is 0 Å². The zero-order valence-electron chi connectivity index (χ0n) is 13.1. The number of nitrogens with one attached hydrogen (secondary N) is 2. The third-order valence-corrected chi connectivity index (χ3v) is 3.62. The lowest BCUT2D eigenvalue weighted by molar-refractivity contribution is 0.413. The molecule has 4 nitrogen and oxygen atoms in total. The number of hydrogen-bond donors (Lipinski definition) is 2. The maximum atomic E-state index is 6.10. The molecular weight excluding hydrogens is 288 g/mol. The lowest BCUT2D eigenvalue weighted by Crippen LogP contribution is -2.22. The summed E-state index contributed by atoms with van der Waals surface area (Å²) in [4.78, 5) is 0. The minimum Gasteiger partial charge on any atom is -0.461 e. The highest BCUT2D eigenvalue weighted by Crippen LogP contribution is 2.33. The molecule has 0 atom stereocenters. The molecule has 0 bridgehead atoms. The van der Waals surface area contributed by atoms with Crippen LogP contribution in [0.15, 0.2) is 60.9 Å². The average molecular weight is 310 g/mol. The van der Waals surface area contributed by atoms with Crippen LogP contribution in [0.4, 0.5) is 0 Å². The van der Waals surface area contributed by atoms with Crippen LogP contribution >= 0.6 is 0 Å². The molecule has 4 heteroatoms. The predicted octanol–water partition coefficient (Wildman–Crippen LogP) is 3.45. The first kappa shape index (κ1) is 15.6. The Morgan fingerprint density at radius 3 is 2.43 bits per heavy atom. The molecule has 0 fully saturated rings. The molecule has 2 aromatic carbocycles. The molecule has 0 amide bonds. The number of ether oxygens (including phenoxy) is 2. The van der Waals surface area contributed by atoms with Crippen LogP contribution in [0.25, 0.3) is 0 Å². The molecular formula is C19H22N2O2. The average Bonchev–Trinajstić information content (AvgIpc) is 2.59. The Morgan fingerprint density at radius 2 is 1.52 bits per heavy atom. The zero-order chi connectivity index (χ0) is 15.7. The summed E-state index contributed by atoms with van der Waals surface area (Å²) in [5.41, 5.74) is 1.14. The second kappa shape index (κ2) is 8.36. The third-order valence-electron chi connectivity index (χ3n) is 3.62. The minimum absolute atomic E-state index is 0.710. The van der Waals surface area contributed by atoms with Crippen LogP contribution in [0.5, 0.6) is 17.2 Å². The van der Waals surface area contributed by atoms with Gasteiger partial charge in [0.2, 0.25) is 0 Å². The summed E-state index contributed by atoms with van der Waals surface area (Å²) in [5, 5.41) is 6.83. The van der Waals surface area contributed by atoms with Crippen molar-refractivity contribution < 1.29 is 9.47 Å². The fraction of sp³-hybridized carbons (Fsp3) is 0.263. The largest absolute Gasteiger partial charge is 0.461 e. The van der Waals surface area contributed by atoms with Gasteiger partial charge in [-0.25, -0.2) is 0 Å². The van der Waals surface area contributed by atoms with E-state index in [4.69, 9.17) is 9.47 Å². The van der Waals surface area contributed by atoms with Crippen LogP contribution < -0.4 is 20.1 Å². The number of fused-ring (bicyclic) bond motifs is 2. The van der Waals surface area contributed by atoms with Gasteiger partial charge in [0.15, 0.2) is 11.5 Å². The summed E-state index contributed by atoms with van der Waals surface area (Å²) < 4.78 is 11.8. The SMILES string of the molecule is C1=C\Oc2ccccc2Oc2ccccc2CNCCCNC/1. The lowest BCUT2D eigenvalue weighted by Gasteiger charge is -2.14. The van der Waals surface area contributed by atoms with Crippen molar-refractivity contribution in [3.8, 4) is 17.2 Å². The molecule has 0 saturated carbocycles. The van der Waals surface area contributed by atoms with E-state index in [1.807, 2.05) is 48.5 Å². The molecule has 2 N–H and O–H groups in total. The molecule has 0 unspecified atom stereocenters. The summed E-state index contributed by atoms with van der Waals surface area (Å²) in [6, 6.07) is 15.8. The van der Waals surface area contributed by atoms with Crippen molar-refractivity contribution in [2.75, 3.05) is 19.6 Å². The summed E-state index contributed by atoms with van der Waals surface area (Å²) in [6.07, 6.45) is 4.76. The second-order valence-electron chi connectivity index (χ2n) is 5.38. The summed E-state index contributed by atoms with van der Waals surface area (Å²) in [7, 11) is 0. The van der Waals surface area contributed by atoms with Gasteiger partial charge in [0, 0.05) is 18.7 Å². The van der Waals surface area contributed by atoms with Crippen molar-refractivity contribution in [2.45, 2.75) is 13.0 Å². The second-order valence-corrected chi connectivity index (χ2v) is 5.38. The minimum atomic E-state index is 0.710. The highest BCUT2D eigenvalue weighted by atomic mass is 16.5. The van der Waals surface area contributed by atoms with Gasteiger partial charge in [-0.3, -0.25) is 0 Å². The number of para-hydroxylation sites is 3. The first-order valence-corrected chi connectivity index (χ1v) is 8.01. The summed E-state index contributed by atoms with van der Waals surface area (Å²) in [6.45, 7) is 3.53. The van der Waals surface area contributed by atoms with Crippen molar-refractivity contribution in [1.29, 1.82) is 0 Å². The van der Waals surface area contributed by atoms with Crippen LogP contribution in [-0.4, -0.2) is 19.6 Å². The van der Waals surface area contributed by atoms with Gasteiger partial charge in [-0.1, -0.05) is 30.3 Å². The van der Waals surface area contributed by atoms with E-state index in [0.29, 0.717) is 11.5 Å². The standard InChI is InChI=1S/C19H22N2O2/c1-2-8-17-16(7-1)15-21-12-5-11-20-13-6-14-22-18-9-3-4-10-19(18)23-17/h1-4,6-10,14,20-21H,5,11-13,15H2/b14-6-. The van der Waals surface area contributed by atoms with Crippen LogP contribution in [-0.2, 0) is 6.54 Å². The van der Waals surface area contributed by atoms with Gasteiger partial charge in [0.25, 0.3) is 0 Å². The first-order chi connectivity index (χ1) is 11.4. The first-order valence-electron chi connectivity index (χ1n) is 8.01. The third kappa shape index (κ3) is 4.58. The maximum absolute atomic E-state index is 6.10. The van der Waals surface area contributed by atoms with Crippen molar-refractivity contribution >= 4 is 0 Å². The maximum Gasteiger partial charge on any atom is 0.169 e. The molecule has 0 spiro atoms. The van der Waals surface area contributed by atoms with E-state index in [1.54, 1.807) is 6.26 Å². The van der Waals surface area contributed by atoms with E-state index in [9.17, 15) is 0 Å². The van der Waals surface area contributed by atoms with E-state index < -0.39 is 0 Å². The van der Waals surface area contributed by atoms with Crippen molar-refractivity contribution in [3.63, 3.8) is 0 Å². The number of rotatable bonds is 0. The topological polar surface area (TPSA) is 42.5 Å². The smallest absolute Gasteiger partial charge is 0.169 e. The van der Waals surface area contributed by atoms with Gasteiger partial charge in [0.1, 0.15) is 5.75 Å².